The molecule has 0 aliphatic carbocycles. The van der Waals surface area contributed by atoms with Crippen LogP contribution in [0.2, 0.25) is 0 Å². The maximum Gasteiger partial charge on any atom is 0.245 e. The molecule has 0 aromatic carbocycles. The largest absolute Gasteiger partial charge is 0.389 e. The van der Waals surface area contributed by atoms with Crippen molar-refractivity contribution in [2.24, 2.45) is 5.41 Å². The second-order valence-corrected chi connectivity index (χ2v) is 6.73. The minimum atomic E-state index is -0.711. The van der Waals surface area contributed by atoms with Gasteiger partial charge in [0.25, 0.3) is 0 Å². The van der Waals surface area contributed by atoms with Crippen LogP contribution in [0.25, 0.3) is 0 Å². The van der Waals surface area contributed by atoms with E-state index in [9.17, 15) is 14.7 Å². The first-order chi connectivity index (χ1) is 9.68. The Kier molecular flexibility index (Phi) is 6.16. The highest BCUT2D eigenvalue weighted by atomic mass is 16.5. The monoisotopic (exact) mass is 300 g/mol. The predicted molar refractivity (Wildman–Crippen MR) is 79.7 cm³/mol. The van der Waals surface area contributed by atoms with Gasteiger partial charge in [0.15, 0.2) is 0 Å². The quantitative estimate of drug-likeness (QED) is 0.802. The van der Waals surface area contributed by atoms with Crippen LogP contribution in [-0.2, 0) is 14.3 Å². The summed E-state index contributed by atoms with van der Waals surface area (Å²) in [6.45, 7) is 6.61. The van der Waals surface area contributed by atoms with E-state index in [1.54, 1.807) is 11.9 Å². The Morgan fingerprint density at radius 3 is 2.57 bits per heavy atom. The Labute approximate surface area is 127 Å². The number of aliphatic hydroxyl groups is 1. The van der Waals surface area contributed by atoms with Gasteiger partial charge in [-0.05, 0) is 12.8 Å². The van der Waals surface area contributed by atoms with Crippen LogP contribution in [0.1, 0.15) is 33.6 Å². The number of hydrogen-bond donors (Lipinski definition) is 1. The zero-order chi connectivity index (χ0) is 16.2. The number of likely N-dealkylation sites (N-methyl/N-ethyl adjacent to an activating group) is 1. The van der Waals surface area contributed by atoms with Crippen LogP contribution in [0.3, 0.4) is 0 Å². The molecule has 1 N–H and O–H groups in total. The summed E-state index contributed by atoms with van der Waals surface area (Å²) in [6, 6.07) is -0.406. The van der Waals surface area contributed by atoms with Crippen LogP contribution < -0.4 is 0 Å². The van der Waals surface area contributed by atoms with Crippen molar-refractivity contribution < 1.29 is 19.4 Å². The molecular weight excluding hydrogens is 272 g/mol. The van der Waals surface area contributed by atoms with Crippen molar-refractivity contribution in [2.45, 2.75) is 45.8 Å². The number of amides is 2. The lowest BCUT2D eigenvalue weighted by atomic mass is 9.94. The van der Waals surface area contributed by atoms with Crippen molar-refractivity contribution in [3.05, 3.63) is 0 Å². The van der Waals surface area contributed by atoms with Crippen molar-refractivity contribution >= 4 is 11.8 Å². The predicted octanol–water partition coefficient (Wildman–Crippen LogP) is 0.489. The fraction of sp³-hybridized carbons (Fsp3) is 0.867. The molecule has 2 amide bonds. The normalized spacial score (nSPS) is 20.5. The Hall–Kier alpha value is -1.14. The van der Waals surface area contributed by atoms with Crippen molar-refractivity contribution in [1.29, 1.82) is 0 Å². The average Bonchev–Trinajstić information content (AvgIpc) is 2.84. The molecule has 0 spiro atoms. The first-order valence-corrected chi connectivity index (χ1v) is 7.41. The molecule has 1 aliphatic rings. The number of carbonyl (C=O) groups is 2. The molecule has 2 unspecified atom stereocenters. The topological polar surface area (TPSA) is 70.1 Å². The fourth-order valence-electron chi connectivity index (χ4n) is 2.60. The molecule has 1 heterocycles. The number of aliphatic hydroxyl groups excluding tert-OH is 1. The summed E-state index contributed by atoms with van der Waals surface area (Å²) < 4.78 is 4.86. The Bertz CT molecular complexity index is 378. The Balaban J connectivity index is 2.70. The highest BCUT2D eigenvalue weighted by Gasteiger charge is 2.39. The van der Waals surface area contributed by atoms with Crippen LogP contribution in [0.5, 0.6) is 0 Å². The van der Waals surface area contributed by atoms with Gasteiger partial charge in [-0.1, -0.05) is 20.8 Å². The van der Waals surface area contributed by atoms with Gasteiger partial charge < -0.3 is 19.6 Å². The van der Waals surface area contributed by atoms with Gasteiger partial charge in [-0.2, -0.15) is 0 Å². The van der Waals surface area contributed by atoms with Crippen LogP contribution >= 0.6 is 0 Å². The fourth-order valence-corrected chi connectivity index (χ4v) is 2.60. The van der Waals surface area contributed by atoms with Crippen molar-refractivity contribution in [3.63, 3.8) is 0 Å². The third-order valence-corrected chi connectivity index (χ3v) is 3.66. The molecule has 21 heavy (non-hydrogen) atoms. The minimum Gasteiger partial charge on any atom is -0.389 e. The SMILES string of the molecule is COCC(O)CN(C)C(=O)C1CCCN1C(=O)C(C)(C)C. The van der Waals surface area contributed by atoms with Gasteiger partial charge in [-0.3, -0.25) is 9.59 Å². The second-order valence-electron chi connectivity index (χ2n) is 6.73. The van der Waals surface area contributed by atoms with Gasteiger partial charge >= 0.3 is 0 Å². The van der Waals surface area contributed by atoms with E-state index in [0.717, 1.165) is 6.42 Å². The van der Waals surface area contributed by atoms with Crippen LogP contribution in [0, 0.1) is 5.41 Å². The maximum atomic E-state index is 12.5. The molecule has 2 atom stereocenters. The summed E-state index contributed by atoms with van der Waals surface area (Å²) in [5.74, 6) is -0.107. The molecule has 122 valence electrons. The molecular formula is C15H28N2O4. The lowest BCUT2D eigenvalue weighted by Gasteiger charge is -2.32. The summed E-state index contributed by atoms with van der Waals surface area (Å²) >= 11 is 0. The molecule has 0 saturated carbocycles. The van der Waals surface area contributed by atoms with Crippen molar-refractivity contribution in [2.75, 3.05) is 33.9 Å². The second kappa shape index (κ2) is 7.22. The van der Waals surface area contributed by atoms with E-state index in [1.807, 2.05) is 20.8 Å². The number of rotatable bonds is 5. The lowest BCUT2D eigenvalue weighted by molar-refractivity contribution is -0.148. The molecule has 0 aromatic rings. The minimum absolute atomic E-state index is 0.00388. The van der Waals surface area contributed by atoms with Gasteiger partial charge in [-0.15, -0.1) is 0 Å². The molecule has 0 bridgehead atoms. The van der Waals surface area contributed by atoms with Crippen molar-refractivity contribution in [1.82, 2.24) is 9.80 Å². The van der Waals surface area contributed by atoms with E-state index in [1.165, 1.54) is 12.0 Å². The van der Waals surface area contributed by atoms with Gasteiger partial charge in [0, 0.05) is 32.7 Å². The molecule has 1 fully saturated rings. The molecule has 1 rings (SSSR count). The Morgan fingerprint density at radius 2 is 2.05 bits per heavy atom. The molecule has 6 nitrogen and oxygen atoms in total. The first-order valence-electron chi connectivity index (χ1n) is 7.41. The smallest absolute Gasteiger partial charge is 0.245 e. The number of likely N-dealkylation sites (tertiary alicyclic amines) is 1. The third kappa shape index (κ3) is 4.68. The van der Waals surface area contributed by atoms with Crippen molar-refractivity contribution in [3.8, 4) is 0 Å². The van der Waals surface area contributed by atoms with Gasteiger partial charge in [-0.25, -0.2) is 0 Å². The molecule has 1 saturated heterocycles. The Morgan fingerprint density at radius 1 is 1.43 bits per heavy atom. The first kappa shape index (κ1) is 17.9. The summed E-state index contributed by atoms with van der Waals surface area (Å²) in [5.41, 5.74) is -0.489. The molecule has 0 radical (unpaired) electrons. The zero-order valence-electron chi connectivity index (χ0n) is 13.8. The summed E-state index contributed by atoms with van der Waals surface area (Å²) in [5, 5.41) is 9.72. The third-order valence-electron chi connectivity index (χ3n) is 3.66. The summed E-state index contributed by atoms with van der Waals surface area (Å²) in [7, 11) is 3.16. The summed E-state index contributed by atoms with van der Waals surface area (Å²) in [6.07, 6.45) is 0.815. The van der Waals surface area contributed by atoms with Crippen LogP contribution in [0.4, 0.5) is 0 Å². The van der Waals surface area contributed by atoms with Crippen LogP contribution in [-0.4, -0.2) is 72.7 Å². The van der Waals surface area contributed by atoms with E-state index in [0.29, 0.717) is 13.0 Å². The van der Waals surface area contributed by atoms with E-state index in [-0.39, 0.29) is 25.0 Å². The average molecular weight is 300 g/mol. The summed E-state index contributed by atoms with van der Waals surface area (Å²) in [4.78, 5) is 28.1. The zero-order valence-corrected chi connectivity index (χ0v) is 13.8. The van der Waals surface area contributed by atoms with E-state index >= 15 is 0 Å². The lowest BCUT2D eigenvalue weighted by Crippen LogP contribution is -2.51. The highest BCUT2D eigenvalue weighted by molar-refractivity contribution is 5.90. The van der Waals surface area contributed by atoms with E-state index in [2.05, 4.69) is 0 Å². The number of nitrogens with zero attached hydrogens (tertiary/aromatic N) is 2. The van der Waals surface area contributed by atoms with Gasteiger partial charge in [0.2, 0.25) is 11.8 Å². The number of hydrogen-bond acceptors (Lipinski definition) is 4. The highest BCUT2D eigenvalue weighted by Crippen LogP contribution is 2.26. The van der Waals surface area contributed by atoms with Crippen LogP contribution in [0.15, 0.2) is 0 Å². The molecule has 0 aromatic heterocycles. The number of methoxy groups -OCH3 is 1. The van der Waals surface area contributed by atoms with E-state index < -0.39 is 17.6 Å². The van der Waals surface area contributed by atoms with Gasteiger partial charge in [0.1, 0.15) is 6.04 Å². The molecule has 1 aliphatic heterocycles. The molecule has 6 heteroatoms. The maximum absolute atomic E-state index is 12.5. The van der Waals surface area contributed by atoms with Gasteiger partial charge in [0.05, 0.1) is 12.7 Å². The number of ether oxygens (including phenoxy) is 1. The van der Waals surface area contributed by atoms with E-state index in [4.69, 9.17) is 4.74 Å². The standard InChI is InChI=1S/C15H28N2O4/c1-15(2,3)14(20)17-8-6-7-12(17)13(19)16(4)9-11(18)10-21-5/h11-12,18H,6-10H2,1-5H3. The number of carbonyl (C=O) groups excluding carboxylic acids is 2.